The van der Waals surface area contributed by atoms with Gasteiger partial charge in [-0.3, -0.25) is 9.78 Å². The molecule has 136 valence electrons. The zero-order chi connectivity index (χ0) is 17.6. The van der Waals surface area contributed by atoms with Gasteiger partial charge >= 0.3 is 6.09 Å². The van der Waals surface area contributed by atoms with Crippen molar-refractivity contribution in [2.24, 2.45) is 0 Å². The Morgan fingerprint density at radius 3 is 2.64 bits per heavy atom. The van der Waals surface area contributed by atoms with Gasteiger partial charge in [0.2, 0.25) is 5.91 Å². The van der Waals surface area contributed by atoms with E-state index in [1.165, 1.54) is 24.1 Å². The standard InChI is InChI=1S/C19H27N3O3/c23-18(21-15-11-16(12-15)22-19(24)25)8-4-2-6-14-10-9-13-5-1-3-7-17(13)20-14/h9-10,15-16,22H,1-8,11-12H2,(H,21,23)(H,24,25). The molecule has 0 unspecified atom stereocenters. The van der Waals surface area contributed by atoms with E-state index in [1.54, 1.807) is 0 Å². The second-order valence-electron chi connectivity index (χ2n) is 7.20. The molecule has 1 fully saturated rings. The first-order valence-electron chi connectivity index (χ1n) is 9.36. The van der Waals surface area contributed by atoms with Gasteiger partial charge in [-0.1, -0.05) is 6.07 Å². The lowest BCUT2D eigenvalue weighted by Gasteiger charge is -2.35. The van der Waals surface area contributed by atoms with Crippen molar-refractivity contribution in [1.29, 1.82) is 0 Å². The number of pyridine rings is 1. The number of aryl methyl sites for hydroxylation is 3. The predicted molar refractivity (Wildman–Crippen MR) is 94.5 cm³/mol. The Kier molecular flexibility index (Phi) is 5.89. The van der Waals surface area contributed by atoms with E-state index >= 15 is 0 Å². The molecule has 0 saturated heterocycles. The Hall–Kier alpha value is -2.11. The van der Waals surface area contributed by atoms with E-state index < -0.39 is 6.09 Å². The highest BCUT2D eigenvalue weighted by Crippen LogP contribution is 2.21. The molecule has 1 aromatic rings. The van der Waals surface area contributed by atoms with Crippen LogP contribution in [0.5, 0.6) is 0 Å². The van der Waals surface area contributed by atoms with Crippen LogP contribution in [0.15, 0.2) is 12.1 Å². The minimum Gasteiger partial charge on any atom is -0.465 e. The van der Waals surface area contributed by atoms with Crippen molar-refractivity contribution in [3.63, 3.8) is 0 Å². The Morgan fingerprint density at radius 2 is 1.84 bits per heavy atom. The van der Waals surface area contributed by atoms with Crippen molar-refractivity contribution in [2.45, 2.75) is 76.3 Å². The highest BCUT2D eigenvalue weighted by molar-refractivity contribution is 5.76. The SMILES string of the molecule is O=C(O)NC1CC(NC(=O)CCCCc2ccc3c(n2)CCCC3)C1. The summed E-state index contributed by atoms with van der Waals surface area (Å²) in [5.74, 6) is 0.0668. The van der Waals surface area contributed by atoms with E-state index in [-0.39, 0.29) is 18.0 Å². The van der Waals surface area contributed by atoms with Gasteiger partial charge in [0, 0.05) is 29.9 Å². The summed E-state index contributed by atoms with van der Waals surface area (Å²) in [4.78, 5) is 27.2. The Bertz CT molecular complexity index is 626. The first-order valence-corrected chi connectivity index (χ1v) is 9.36. The molecule has 25 heavy (non-hydrogen) atoms. The number of hydrogen-bond acceptors (Lipinski definition) is 3. The van der Waals surface area contributed by atoms with Crippen LogP contribution in [0.1, 0.15) is 61.9 Å². The molecule has 1 saturated carbocycles. The Labute approximate surface area is 148 Å². The van der Waals surface area contributed by atoms with E-state index in [0.29, 0.717) is 19.3 Å². The van der Waals surface area contributed by atoms with Crippen LogP contribution in [0.4, 0.5) is 4.79 Å². The topological polar surface area (TPSA) is 91.3 Å². The van der Waals surface area contributed by atoms with Gasteiger partial charge in [0.05, 0.1) is 0 Å². The van der Waals surface area contributed by atoms with Gasteiger partial charge in [-0.2, -0.15) is 0 Å². The van der Waals surface area contributed by atoms with Crippen LogP contribution in [0, 0.1) is 0 Å². The lowest BCUT2D eigenvalue weighted by atomic mass is 9.86. The number of nitrogens with zero attached hydrogens (tertiary/aromatic N) is 1. The third-order valence-electron chi connectivity index (χ3n) is 5.15. The van der Waals surface area contributed by atoms with Crippen LogP contribution in [0.3, 0.4) is 0 Å². The van der Waals surface area contributed by atoms with Crippen molar-refractivity contribution >= 4 is 12.0 Å². The molecule has 3 rings (SSSR count). The van der Waals surface area contributed by atoms with E-state index in [0.717, 1.165) is 37.8 Å². The van der Waals surface area contributed by atoms with Crippen molar-refractivity contribution < 1.29 is 14.7 Å². The molecule has 2 amide bonds. The maximum Gasteiger partial charge on any atom is 0.404 e. The highest BCUT2D eigenvalue weighted by Gasteiger charge is 2.31. The van der Waals surface area contributed by atoms with Crippen LogP contribution >= 0.6 is 0 Å². The maximum absolute atomic E-state index is 11.9. The van der Waals surface area contributed by atoms with Crippen LogP contribution in [-0.4, -0.2) is 34.2 Å². The number of carbonyl (C=O) groups is 2. The normalized spacial score (nSPS) is 21.8. The quantitative estimate of drug-likeness (QED) is 0.663. The molecule has 0 aliphatic heterocycles. The first-order chi connectivity index (χ1) is 12.1. The fourth-order valence-corrected chi connectivity index (χ4v) is 3.69. The molecule has 0 bridgehead atoms. The molecule has 2 aliphatic carbocycles. The number of hydrogen-bond donors (Lipinski definition) is 3. The lowest BCUT2D eigenvalue weighted by Crippen LogP contribution is -2.53. The molecule has 2 aliphatic rings. The summed E-state index contributed by atoms with van der Waals surface area (Å²) in [6, 6.07) is 4.46. The zero-order valence-corrected chi connectivity index (χ0v) is 14.6. The molecule has 0 spiro atoms. The van der Waals surface area contributed by atoms with Crippen molar-refractivity contribution in [1.82, 2.24) is 15.6 Å². The summed E-state index contributed by atoms with van der Waals surface area (Å²) < 4.78 is 0. The fourth-order valence-electron chi connectivity index (χ4n) is 3.69. The van der Waals surface area contributed by atoms with E-state index in [4.69, 9.17) is 10.1 Å². The molecule has 0 radical (unpaired) electrons. The van der Waals surface area contributed by atoms with Gasteiger partial charge < -0.3 is 15.7 Å². The summed E-state index contributed by atoms with van der Waals surface area (Å²) in [6.07, 6.45) is 8.44. The molecule has 1 heterocycles. The number of amides is 2. The number of unbranched alkanes of at least 4 members (excludes halogenated alkanes) is 1. The predicted octanol–water partition coefficient (Wildman–Crippen LogP) is 2.59. The van der Waals surface area contributed by atoms with Gasteiger partial charge in [-0.15, -0.1) is 0 Å². The summed E-state index contributed by atoms with van der Waals surface area (Å²) in [7, 11) is 0. The van der Waals surface area contributed by atoms with Crippen LogP contribution < -0.4 is 10.6 Å². The van der Waals surface area contributed by atoms with E-state index in [2.05, 4.69) is 22.8 Å². The summed E-state index contributed by atoms with van der Waals surface area (Å²) in [5.41, 5.74) is 3.82. The Morgan fingerprint density at radius 1 is 1.08 bits per heavy atom. The van der Waals surface area contributed by atoms with Gasteiger partial charge in [-0.25, -0.2) is 4.79 Å². The number of carboxylic acid groups (broad SMARTS) is 1. The second-order valence-corrected chi connectivity index (χ2v) is 7.20. The number of carbonyl (C=O) groups excluding carboxylic acids is 1. The minimum atomic E-state index is -0.995. The van der Waals surface area contributed by atoms with Crippen molar-refractivity contribution in [3.05, 3.63) is 29.1 Å². The van der Waals surface area contributed by atoms with Crippen molar-refractivity contribution in [2.75, 3.05) is 0 Å². The number of nitrogens with one attached hydrogen (secondary N) is 2. The van der Waals surface area contributed by atoms with Gasteiger partial charge in [0.15, 0.2) is 0 Å². The summed E-state index contributed by atoms with van der Waals surface area (Å²) >= 11 is 0. The molecule has 3 N–H and O–H groups in total. The average Bonchev–Trinajstić information content (AvgIpc) is 2.56. The van der Waals surface area contributed by atoms with Crippen molar-refractivity contribution in [3.8, 4) is 0 Å². The summed E-state index contributed by atoms with van der Waals surface area (Å²) in [6.45, 7) is 0. The number of fused-ring (bicyclic) bond motifs is 1. The molecule has 6 nitrogen and oxygen atoms in total. The average molecular weight is 345 g/mol. The van der Waals surface area contributed by atoms with Crippen LogP contribution in [0.2, 0.25) is 0 Å². The fraction of sp³-hybridized carbons (Fsp3) is 0.632. The first kappa shape index (κ1) is 17.7. The monoisotopic (exact) mass is 345 g/mol. The van der Waals surface area contributed by atoms with Gasteiger partial charge in [0.1, 0.15) is 0 Å². The number of rotatable bonds is 7. The molecular weight excluding hydrogens is 318 g/mol. The van der Waals surface area contributed by atoms with Gasteiger partial charge in [-0.05, 0) is 69.4 Å². The van der Waals surface area contributed by atoms with Crippen LogP contribution in [-0.2, 0) is 24.1 Å². The minimum absolute atomic E-state index is 0.0158. The summed E-state index contributed by atoms with van der Waals surface area (Å²) in [5, 5.41) is 14.0. The smallest absolute Gasteiger partial charge is 0.404 e. The Balaban J connectivity index is 1.30. The molecule has 6 heteroatoms. The van der Waals surface area contributed by atoms with Gasteiger partial charge in [0.25, 0.3) is 0 Å². The third-order valence-corrected chi connectivity index (χ3v) is 5.15. The van der Waals surface area contributed by atoms with Crippen LogP contribution in [0.25, 0.3) is 0 Å². The number of aromatic nitrogens is 1. The third kappa shape index (κ3) is 5.18. The molecule has 0 atom stereocenters. The lowest BCUT2D eigenvalue weighted by molar-refractivity contribution is -0.122. The second kappa shape index (κ2) is 8.32. The van der Waals surface area contributed by atoms with E-state index in [9.17, 15) is 9.59 Å². The zero-order valence-electron chi connectivity index (χ0n) is 14.6. The van der Waals surface area contributed by atoms with E-state index in [1.807, 2.05) is 0 Å². The molecular formula is C19H27N3O3. The maximum atomic E-state index is 11.9. The molecule has 1 aromatic heterocycles. The largest absolute Gasteiger partial charge is 0.465 e. The highest BCUT2D eigenvalue weighted by atomic mass is 16.4. The molecule has 0 aromatic carbocycles.